The summed E-state index contributed by atoms with van der Waals surface area (Å²) in [5, 5.41) is 18.6. The number of nitro groups is 1. The molecule has 144 valence electrons. The number of aryl methyl sites for hydroxylation is 2. The molecule has 0 saturated heterocycles. The van der Waals surface area contributed by atoms with Crippen LogP contribution in [0.15, 0.2) is 48.5 Å². The second-order valence-corrected chi connectivity index (χ2v) is 6.66. The van der Waals surface area contributed by atoms with Crippen LogP contribution >= 0.6 is 0 Å². The number of aromatic nitrogens is 2. The van der Waals surface area contributed by atoms with Crippen LogP contribution in [0.1, 0.15) is 35.0 Å². The van der Waals surface area contributed by atoms with Crippen LogP contribution in [0.3, 0.4) is 0 Å². The van der Waals surface area contributed by atoms with Crippen molar-refractivity contribution < 1.29 is 9.72 Å². The van der Waals surface area contributed by atoms with Crippen LogP contribution in [0.4, 0.5) is 5.69 Å². The molecule has 0 aliphatic rings. The number of carbonyl (C=O) groups is 1. The van der Waals surface area contributed by atoms with E-state index >= 15 is 0 Å². The number of nitrogens with one attached hydrogen (secondary N) is 1. The quantitative estimate of drug-likeness (QED) is 0.514. The van der Waals surface area contributed by atoms with E-state index in [1.165, 1.54) is 22.4 Å². The van der Waals surface area contributed by atoms with Gasteiger partial charge in [0.2, 0.25) is 0 Å². The Balaban J connectivity index is 2.12. The zero-order valence-electron chi connectivity index (χ0n) is 16.1. The Morgan fingerprint density at radius 3 is 2.61 bits per heavy atom. The molecule has 2 aromatic carbocycles. The third kappa shape index (κ3) is 3.93. The molecule has 0 aliphatic heterocycles. The number of hydrogen-bond donors (Lipinski definition) is 1. The van der Waals surface area contributed by atoms with E-state index in [0.717, 1.165) is 17.5 Å². The van der Waals surface area contributed by atoms with Gasteiger partial charge in [0.1, 0.15) is 5.69 Å². The predicted octanol–water partition coefficient (Wildman–Crippen LogP) is 4.20. The maximum absolute atomic E-state index is 12.7. The van der Waals surface area contributed by atoms with Crippen LogP contribution in [0.5, 0.6) is 0 Å². The summed E-state index contributed by atoms with van der Waals surface area (Å²) in [5.41, 5.74) is 4.56. The highest BCUT2D eigenvalue weighted by molar-refractivity contribution is 5.94. The van der Waals surface area contributed by atoms with Gasteiger partial charge in [-0.05, 0) is 49.6 Å². The molecule has 0 radical (unpaired) electrons. The number of nitrogens with zero attached hydrogens (tertiary/aromatic N) is 3. The zero-order chi connectivity index (χ0) is 20.3. The molecule has 7 nitrogen and oxygen atoms in total. The van der Waals surface area contributed by atoms with Gasteiger partial charge in [-0.1, -0.05) is 25.1 Å². The SMILES string of the molecule is CCCNC(=O)c1cc(-c2ccc(C)c(C)c2)nn1-c1cccc([N+](=O)[O-])c1. The highest BCUT2D eigenvalue weighted by atomic mass is 16.6. The topological polar surface area (TPSA) is 90.1 Å². The average molecular weight is 378 g/mol. The summed E-state index contributed by atoms with van der Waals surface area (Å²) in [5.74, 6) is -0.268. The molecule has 7 heteroatoms. The van der Waals surface area contributed by atoms with Crippen LogP contribution in [0.25, 0.3) is 16.9 Å². The third-order valence-corrected chi connectivity index (χ3v) is 4.57. The summed E-state index contributed by atoms with van der Waals surface area (Å²) in [6.45, 7) is 6.56. The number of non-ortho nitro benzene ring substituents is 1. The standard InChI is InChI=1S/C21H22N4O3/c1-4-10-22-21(26)20-13-19(16-9-8-14(2)15(3)11-16)23-24(20)17-6-5-7-18(12-17)25(27)28/h5-9,11-13H,4,10H2,1-3H3,(H,22,26). The molecule has 0 unspecified atom stereocenters. The van der Waals surface area contributed by atoms with Crippen molar-refractivity contribution in [1.29, 1.82) is 0 Å². The van der Waals surface area contributed by atoms with E-state index < -0.39 is 4.92 Å². The fraction of sp³-hybridized carbons (Fsp3) is 0.238. The van der Waals surface area contributed by atoms with E-state index in [1.807, 2.05) is 39.0 Å². The van der Waals surface area contributed by atoms with Gasteiger partial charge in [-0.3, -0.25) is 14.9 Å². The van der Waals surface area contributed by atoms with Crippen molar-refractivity contribution in [3.05, 3.63) is 75.5 Å². The fourth-order valence-corrected chi connectivity index (χ4v) is 2.85. The van der Waals surface area contributed by atoms with E-state index in [1.54, 1.807) is 18.2 Å². The lowest BCUT2D eigenvalue weighted by molar-refractivity contribution is -0.384. The predicted molar refractivity (Wildman–Crippen MR) is 108 cm³/mol. The van der Waals surface area contributed by atoms with Crippen molar-refractivity contribution in [1.82, 2.24) is 15.1 Å². The third-order valence-electron chi connectivity index (χ3n) is 4.57. The van der Waals surface area contributed by atoms with Gasteiger partial charge in [-0.2, -0.15) is 5.10 Å². The Morgan fingerprint density at radius 1 is 1.14 bits per heavy atom. The highest BCUT2D eigenvalue weighted by Gasteiger charge is 2.19. The molecule has 0 saturated carbocycles. The minimum absolute atomic E-state index is 0.0550. The van der Waals surface area contributed by atoms with Crippen molar-refractivity contribution in [3.63, 3.8) is 0 Å². The van der Waals surface area contributed by atoms with Crippen molar-refractivity contribution in [2.45, 2.75) is 27.2 Å². The Morgan fingerprint density at radius 2 is 1.93 bits per heavy atom. The molecule has 28 heavy (non-hydrogen) atoms. The van der Waals surface area contributed by atoms with Gasteiger partial charge in [0.05, 0.1) is 16.3 Å². The van der Waals surface area contributed by atoms with E-state index in [9.17, 15) is 14.9 Å². The van der Waals surface area contributed by atoms with Crippen LogP contribution in [0.2, 0.25) is 0 Å². The number of rotatable bonds is 6. The summed E-state index contributed by atoms with van der Waals surface area (Å²) >= 11 is 0. The highest BCUT2D eigenvalue weighted by Crippen LogP contribution is 2.25. The lowest BCUT2D eigenvalue weighted by Crippen LogP contribution is -2.26. The number of carbonyl (C=O) groups excluding carboxylic acids is 1. The number of hydrogen-bond acceptors (Lipinski definition) is 4. The van der Waals surface area contributed by atoms with E-state index in [0.29, 0.717) is 23.6 Å². The molecule has 3 aromatic rings. The summed E-state index contributed by atoms with van der Waals surface area (Å²) in [4.78, 5) is 23.3. The molecule has 1 aromatic heterocycles. The minimum atomic E-state index is -0.464. The molecular weight excluding hydrogens is 356 g/mol. The monoisotopic (exact) mass is 378 g/mol. The lowest BCUT2D eigenvalue weighted by atomic mass is 10.0. The van der Waals surface area contributed by atoms with Crippen molar-refractivity contribution in [2.75, 3.05) is 6.54 Å². The Labute approximate surface area is 163 Å². The Bertz CT molecular complexity index is 1040. The summed E-state index contributed by atoms with van der Waals surface area (Å²) < 4.78 is 1.46. The average Bonchev–Trinajstić information content (AvgIpc) is 3.14. The van der Waals surface area contributed by atoms with E-state index in [-0.39, 0.29) is 11.6 Å². The number of benzene rings is 2. The normalized spacial score (nSPS) is 10.7. The van der Waals surface area contributed by atoms with Crippen LogP contribution in [-0.2, 0) is 0 Å². The maximum atomic E-state index is 12.7. The summed E-state index contributed by atoms with van der Waals surface area (Å²) in [7, 11) is 0. The van der Waals surface area contributed by atoms with Gasteiger partial charge in [0.15, 0.2) is 0 Å². The van der Waals surface area contributed by atoms with Crippen LogP contribution in [-0.4, -0.2) is 27.2 Å². The molecule has 0 bridgehead atoms. The van der Waals surface area contributed by atoms with Crippen molar-refractivity contribution >= 4 is 11.6 Å². The molecule has 0 fully saturated rings. The van der Waals surface area contributed by atoms with Gasteiger partial charge < -0.3 is 5.32 Å². The first-order valence-corrected chi connectivity index (χ1v) is 9.11. The van der Waals surface area contributed by atoms with Gasteiger partial charge >= 0.3 is 0 Å². The van der Waals surface area contributed by atoms with Crippen molar-refractivity contribution in [3.8, 4) is 16.9 Å². The molecule has 3 rings (SSSR count). The first kappa shape index (κ1) is 19.3. The summed E-state index contributed by atoms with van der Waals surface area (Å²) in [6.07, 6.45) is 0.806. The first-order chi connectivity index (χ1) is 13.4. The molecule has 0 spiro atoms. The van der Waals surface area contributed by atoms with E-state index in [2.05, 4.69) is 10.4 Å². The minimum Gasteiger partial charge on any atom is -0.351 e. The Hall–Kier alpha value is -3.48. The zero-order valence-corrected chi connectivity index (χ0v) is 16.1. The van der Waals surface area contributed by atoms with Gasteiger partial charge in [-0.15, -0.1) is 0 Å². The Kier molecular flexibility index (Phi) is 5.54. The van der Waals surface area contributed by atoms with Gasteiger partial charge in [-0.25, -0.2) is 4.68 Å². The second kappa shape index (κ2) is 8.04. The van der Waals surface area contributed by atoms with Gasteiger partial charge in [0.25, 0.3) is 11.6 Å². The maximum Gasteiger partial charge on any atom is 0.271 e. The molecule has 0 aliphatic carbocycles. The molecule has 1 amide bonds. The van der Waals surface area contributed by atoms with E-state index in [4.69, 9.17) is 0 Å². The van der Waals surface area contributed by atoms with Crippen LogP contribution < -0.4 is 5.32 Å². The molecule has 1 N–H and O–H groups in total. The fourth-order valence-electron chi connectivity index (χ4n) is 2.85. The van der Waals surface area contributed by atoms with Crippen LogP contribution in [0, 0.1) is 24.0 Å². The first-order valence-electron chi connectivity index (χ1n) is 9.11. The largest absolute Gasteiger partial charge is 0.351 e. The number of amides is 1. The summed E-state index contributed by atoms with van der Waals surface area (Å²) in [6, 6.07) is 13.8. The molecular formula is C21H22N4O3. The smallest absolute Gasteiger partial charge is 0.271 e. The van der Waals surface area contributed by atoms with Gasteiger partial charge in [0, 0.05) is 24.2 Å². The molecule has 0 atom stereocenters. The second-order valence-electron chi connectivity index (χ2n) is 6.66. The number of nitro benzene ring substituents is 1. The molecule has 1 heterocycles. The van der Waals surface area contributed by atoms with Crippen molar-refractivity contribution in [2.24, 2.45) is 0 Å². The lowest BCUT2D eigenvalue weighted by Gasteiger charge is -2.07.